The van der Waals surface area contributed by atoms with Crippen LogP contribution in [0, 0.1) is 25.5 Å². The summed E-state index contributed by atoms with van der Waals surface area (Å²) in [5.74, 6) is -3.09. The summed E-state index contributed by atoms with van der Waals surface area (Å²) in [6, 6.07) is 2.30. The molecule has 0 spiro atoms. The number of ether oxygens (including phenoxy) is 1. The molecule has 24 heavy (non-hydrogen) atoms. The number of alkyl halides is 3. The molecule has 0 unspecified atom stereocenters. The summed E-state index contributed by atoms with van der Waals surface area (Å²) in [6.07, 6.45) is -4.75. The van der Waals surface area contributed by atoms with Crippen LogP contribution in [-0.2, 0) is 6.18 Å². The Morgan fingerprint density at radius 2 is 1.75 bits per heavy atom. The summed E-state index contributed by atoms with van der Waals surface area (Å²) in [5.41, 5.74) is -2.54. The zero-order chi connectivity index (χ0) is 18.2. The van der Waals surface area contributed by atoms with Crippen LogP contribution in [0.25, 0.3) is 0 Å². The minimum Gasteiger partial charge on any atom is -0.439 e. The van der Waals surface area contributed by atoms with E-state index in [-0.39, 0.29) is 11.3 Å². The molecule has 1 aromatic carbocycles. The van der Waals surface area contributed by atoms with Gasteiger partial charge in [0.2, 0.25) is 5.88 Å². The number of rotatable bonds is 3. The lowest BCUT2D eigenvalue weighted by Gasteiger charge is -2.16. The normalized spacial score (nSPS) is 11.5. The van der Waals surface area contributed by atoms with Crippen LogP contribution in [-0.4, -0.2) is 22.2 Å². The zero-order valence-corrected chi connectivity index (χ0v) is 12.4. The molecule has 0 saturated heterocycles. The summed E-state index contributed by atoms with van der Waals surface area (Å²) in [7, 11) is -2.31. The first-order valence-electron chi connectivity index (χ1n) is 6.59. The Morgan fingerprint density at radius 1 is 1.12 bits per heavy atom. The Kier molecular flexibility index (Phi) is 4.81. The molecule has 4 nitrogen and oxygen atoms in total. The van der Waals surface area contributed by atoms with Crippen LogP contribution < -0.4 is 10.2 Å². The van der Waals surface area contributed by atoms with Crippen molar-refractivity contribution in [3.8, 4) is 11.6 Å². The third-order valence-corrected chi connectivity index (χ3v) is 3.29. The Labute approximate surface area is 133 Å². The van der Waals surface area contributed by atoms with E-state index in [4.69, 9.17) is 4.74 Å². The second-order valence-corrected chi connectivity index (χ2v) is 4.97. The molecule has 0 fully saturated rings. The molecule has 0 atom stereocenters. The predicted molar refractivity (Wildman–Crippen MR) is 75.0 cm³/mol. The van der Waals surface area contributed by atoms with Gasteiger partial charge in [-0.05, 0) is 32.0 Å². The summed E-state index contributed by atoms with van der Waals surface area (Å²) in [4.78, 5) is 3.57. The maximum Gasteiger partial charge on any atom is 0.494 e. The number of halogens is 5. The quantitative estimate of drug-likeness (QED) is 0.662. The van der Waals surface area contributed by atoms with Crippen molar-refractivity contribution < 1.29 is 36.7 Å². The van der Waals surface area contributed by atoms with Crippen molar-refractivity contribution in [3.05, 3.63) is 46.7 Å². The lowest BCUT2D eigenvalue weighted by molar-refractivity contribution is -0.138. The molecule has 0 amide bonds. The van der Waals surface area contributed by atoms with Gasteiger partial charge in [-0.25, -0.2) is 13.8 Å². The van der Waals surface area contributed by atoms with Crippen LogP contribution in [0.15, 0.2) is 18.2 Å². The smallest absolute Gasteiger partial charge is 0.439 e. The van der Waals surface area contributed by atoms with Gasteiger partial charge in [-0.3, -0.25) is 0 Å². The van der Waals surface area contributed by atoms with Crippen molar-refractivity contribution in [2.24, 2.45) is 0 Å². The maximum absolute atomic E-state index is 13.5. The SMILES string of the molecule is Cc1nc(Oc2ccc(F)c(F)c2C)c(B(O)O)cc1C(F)(F)F. The summed E-state index contributed by atoms with van der Waals surface area (Å²) < 4.78 is 70.4. The highest BCUT2D eigenvalue weighted by atomic mass is 19.4. The number of hydrogen-bond acceptors (Lipinski definition) is 4. The van der Waals surface area contributed by atoms with Crippen LogP contribution >= 0.6 is 0 Å². The molecule has 0 aliphatic heterocycles. The van der Waals surface area contributed by atoms with Crippen LogP contribution in [0.4, 0.5) is 22.0 Å². The molecule has 0 radical (unpaired) electrons. The Balaban J connectivity index is 2.55. The number of hydrogen-bond donors (Lipinski definition) is 2. The first-order chi connectivity index (χ1) is 11.0. The van der Waals surface area contributed by atoms with Gasteiger partial charge in [0, 0.05) is 11.0 Å². The van der Waals surface area contributed by atoms with Gasteiger partial charge < -0.3 is 14.8 Å². The van der Waals surface area contributed by atoms with Gasteiger partial charge >= 0.3 is 13.3 Å². The highest BCUT2D eigenvalue weighted by Gasteiger charge is 2.36. The van der Waals surface area contributed by atoms with Crippen molar-refractivity contribution >= 4 is 12.6 Å². The monoisotopic (exact) mass is 347 g/mol. The Morgan fingerprint density at radius 3 is 2.29 bits per heavy atom. The first kappa shape index (κ1) is 18.1. The van der Waals surface area contributed by atoms with E-state index in [9.17, 15) is 32.0 Å². The van der Waals surface area contributed by atoms with E-state index in [0.29, 0.717) is 6.07 Å². The van der Waals surface area contributed by atoms with E-state index in [0.717, 1.165) is 19.1 Å². The highest BCUT2D eigenvalue weighted by molar-refractivity contribution is 6.59. The fourth-order valence-corrected chi connectivity index (χ4v) is 2.00. The van der Waals surface area contributed by atoms with Gasteiger partial charge in [-0.2, -0.15) is 13.2 Å². The van der Waals surface area contributed by atoms with Crippen LogP contribution in [0.3, 0.4) is 0 Å². The topological polar surface area (TPSA) is 62.6 Å². The van der Waals surface area contributed by atoms with Crippen molar-refractivity contribution in [3.63, 3.8) is 0 Å². The van der Waals surface area contributed by atoms with Gasteiger partial charge in [0.1, 0.15) is 5.75 Å². The lowest BCUT2D eigenvalue weighted by Crippen LogP contribution is -2.33. The number of aromatic nitrogens is 1. The Bertz CT molecular complexity index is 780. The fraction of sp³-hybridized carbons (Fsp3) is 0.214. The van der Waals surface area contributed by atoms with Gasteiger partial charge in [0.15, 0.2) is 11.6 Å². The molecule has 2 N–H and O–H groups in total. The van der Waals surface area contributed by atoms with E-state index in [1.165, 1.54) is 6.92 Å². The third kappa shape index (κ3) is 3.49. The van der Waals surface area contributed by atoms with Crippen molar-refractivity contribution in [1.29, 1.82) is 0 Å². The number of benzene rings is 1. The second-order valence-electron chi connectivity index (χ2n) is 4.97. The molecule has 0 bridgehead atoms. The fourth-order valence-electron chi connectivity index (χ4n) is 2.00. The third-order valence-electron chi connectivity index (χ3n) is 3.29. The molecule has 0 aliphatic carbocycles. The van der Waals surface area contributed by atoms with Crippen molar-refractivity contribution in [1.82, 2.24) is 4.98 Å². The Hall–Kier alpha value is -2.20. The zero-order valence-electron chi connectivity index (χ0n) is 12.4. The van der Waals surface area contributed by atoms with Crippen LogP contribution in [0.5, 0.6) is 11.6 Å². The van der Waals surface area contributed by atoms with E-state index in [1.807, 2.05) is 0 Å². The standard InChI is InChI=1S/C14H11BF5NO3/c1-6-11(4-3-10(16)12(6)17)24-13-9(15(22)23)5-8(7(2)21-13)14(18,19)20/h3-5,22-23H,1-2H3. The molecule has 2 rings (SSSR count). The average molecular weight is 347 g/mol. The van der Waals surface area contributed by atoms with E-state index in [2.05, 4.69) is 4.98 Å². The van der Waals surface area contributed by atoms with Gasteiger partial charge in [-0.15, -0.1) is 0 Å². The van der Waals surface area contributed by atoms with Crippen LogP contribution in [0.2, 0.25) is 0 Å². The van der Waals surface area contributed by atoms with Crippen molar-refractivity contribution in [2.45, 2.75) is 20.0 Å². The summed E-state index contributed by atoms with van der Waals surface area (Å²) in [6.45, 7) is 2.25. The summed E-state index contributed by atoms with van der Waals surface area (Å²) in [5, 5.41) is 18.5. The van der Waals surface area contributed by atoms with E-state index < -0.39 is 47.5 Å². The lowest BCUT2D eigenvalue weighted by atomic mass is 9.80. The molecule has 0 aliphatic rings. The predicted octanol–water partition coefficient (Wildman–Crippen LogP) is 2.47. The maximum atomic E-state index is 13.5. The molecular weight excluding hydrogens is 336 g/mol. The average Bonchev–Trinajstić information content (AvgIpc) is 2.46. The molecule has 1 heterocycles. The van der Waals surface area contributed by atoms with Gasteiger partial charge in [0.05, 0.1) is 11.3 Å². The molecule has 128 valence electrons. The largest absolute Gasteiger partial charge is 0.494 e. The molecule has 10 heteroatoms. The highest BCUT2D eigenvalue weighted by Crippen LogP contribution is 2.33. The van der Waals surface area contributed by atoms with Crippen molar-refractivity contribution in [2.75, 3.05) is 0 Å². The van der Waals surface area contributed by atoms with Crippen LogP contribution in [0.1, 0.15) is 16.8 Å². The van der Waals surface area contributed by atoms with E-state index >= 15 is 0 Å². The minimum absolute atomic E-state index is 0.220. The molecular formula is C14H11BF5NO3. The van der Waals surface area contributed by atoms with Gasteiger partial charge in [0.25, 0.3) is 0 Å². The summed E-state index contributed by atoms with van der Waals surface area (Å²) >= 11 is 0. The van der Waals surface area contributed by atoms with E-state index in [1.54, 1.807) is 0 Å². The first-order valence-corrected chi connectivity index (χ1v) is 6.59. The second kappa shape index (κ2) is 6.37. The number of aryl methyl sites for hydroxylation is 1. The molecule has 2 aromatic rings. The number of nitrogens with zero attached hydrogens (tertiary/aromatic N) is 1. The number of pyridine rings is 1. The molecule has 0 saturated carbocycles. The minimum atomic E-state index is -4.75. The van der Waals surface area contributed by atoms with Gasteiger partial charge in [-0.1, -0.05) is 0 Å². The molecule has 1 aromatic heterocycles.